The summed E-state index contributed by atoms with van der Waals surface area (Å²) in [6.45, 7) is 6.01. The lowest BCUT2D eigenvalue weighted by molar-refractivity contribution is 0.111. The molecule has 0 aliphatic heterocycles. The van der Waals surface area contributed by atoms with Gasteiger partial charge in [-0.05, 0) is 63.0 Å². The lowest BCUT2D eigenvalue weighted by Crippen LogP contribution is -1.88. The van der Waals surface area contributed by atoms with Gasteiger partial charge >= 0.3 is 0 Å². The molecule has 0 fully saturated rings. The number of hydrogen-bond donors (Lipinski definition) is 2. The number of aromatic hydroxyl groups is 2. The molecule has 0 bridgehead atoms. The van der Waals surface area contributed by atoms with Crippen LogP contribution in [0.5, 0.6) is 11.5 Å². The first-order valence-electron chi connectivity index (χ1n) is 7.66. The molecule has 0 unspecified atom stereocenters. The lowest BCUT2D eigenvalue weighted by Gasteiger charge is -2.01. The molecule has 0 saturated heterocycles. The van der Waals surface area contributed by atoms with E-state index < -0.39 is 11.6 Å². The van der Waals surface area contributed by atoms with Crippen molar-refractivity contribution < 1.29 is 23.8 Å². The monoisotopic (exact) mass is 492 g/mol. The highest BCUT2D eigenvalue weighted by atomic mass is 79.9. The van der Waals surface area contributed by atoms with E-state index >= 15 is 0 Å². The lowest BCUT2D eigenvalue weighted by atomic mass is 10.2. The van der Waals surface area contributed by atoms with Crippen LogP contribution in [0.1, 0.15) is 43.1 Å². The van der Waals surface area contributed by atoms with Crippen molar-refractivity contribution in [3.05, 3.63) is 62.0 Å². The van der Waals surface area contributed by atoms with Gasteiger partial charge in [0.1, 0.15) is 17.3 Å². The molecule has 0 radical (unpaired) electrons. The Morgan fingerprint density at radius 1 is 0.923 bits per heavy atom. The van der Waals surface area contributed by atoms with Gasteiger partial charge in [0.15, 0.2) is 12.1 Å². The Kier molecular flexibility index (Phi) is 11.8. The van der Waals surface area contributed by atoms with Crippen molar-refractivity contribution in [3.63, 3.8) is 0 Å². The molecule has 26 heavy (non-hydrogen) atoms. The summed E-state index contributed by atoms with van der Waals surface area (Å²) in [7, 11) is 0. The van der Waals surface area contributed by atoms with E-state index in [1.54, 1.807) is 13.0 Å². The molecule has 0 aliphatic carbocycles. The van der Waals surface area contributed by atoms with Crippen LogP contribution in [0.25, 0.3) is 6.08 Å². The molecule has 2 rings (SSSR count). The fourth-order valence-corrected chi connectivity index (χ4v) is 2.24. The Balaban J connectivity index is 0.000000419. The summed E-state index contributed by atoms with van der Waals surface area (Å²) in [5, 5.41) is 18.2. The second-order valence-corrected chi connectivity index (χ2v) is 6.62. The molecule has 0 atom stereocenters. The summed E-state index contributed by atoms with van der Waals surface area (Å²) in [4.78, 5) is 10.2. The zero-order valence-electron chi connectivity index (χ0n) is 14.6. The summed E-state index contributed by atoms with van der Waals surface area (Å²) in [6.07, 6.45) is 4.72. The quantitative estimate of drug-likeness (QED) is 0.450. The predicted octanol–water partition coefficient (Wildman–Crippen LogP) is 6.85. The van der Waals surface area contributed by atoms with Crippen molar-refractivity contribution in [2.45, 2.75) is 27.2 Å². The first kappa shape index (κ1) is 24.3. The van der Waals surface area contributed by atoms with E-state index in [9.17, 15) is 18.7 Å². The smallest absolute Gasteiger partial charge is 0.156 e. The minimum atomic E-state index is -0.736. The van der Waals surface area contributed by atoms with Crippen LogP contribution in [0.2, 0.25) is 0 Å². The Morgan fingerprint density at radius 2 is 1.31 bits per heavy atom. The van der Waals surface area contributed by atoms with Gasteiger partial charge in [-0.1, -0.05) is 32.4 Å². The maximum atomic E-state index is 13.2. The Morgan fingerprint density at radius 3 is 1.65 bits per heavy atom. The van der Waals surface area contributed by atoms with E-state index in [1.165, 1.54) is 36.8 Å². The third kappa shape index (κ3) is 7.25. The minimum Gasteiger partial charge on any atom is -0.507 e. The van der Waals surface area contributed by atoms with E-state index in [4.69, 9.17) is 5.11 Å². The van der Waals surface area contributed by atoms with E-state index in [0.717, 1.165) is 0 Å². The molecule has 2 aromatic rings. The highest BCUT2D eigenvalue weighted by Crippen LogP contribution is 2.27. The number of phenolic OH excluding ortho intramolecular Hbond substituents is 2. The summed E-state index contributed by atoms with van der Waals surface area (Å²) in [5.41, 5.74) is -0.105. The number of halogens is 4. The molecule has 142 valence electrons. The van der Waals surface area contributed by atoms with Crippen molar-refractivity contribution in [2.24, 2.45) is 0 Å². The highest BCUT2D eigenvalue weighted by Gasteiger charge is 2.09. The van der Waals surface area contributed by atoms with Gasteiger partial charge in [-0.2, -0.15) is 0 Å². The average molecular weight is 494 g/mol. The molecule has 7 heteroatoms. The number of aldehydes is 1. The van der Waals surface area contributed by atoms with Crippen LogP contribution in [-0.4, -0.2) is 16.5 Å². The first-order valence-corrected chi connectivity index (χ1v) is 9.25. The van der Waals surface area contributed by atoms with Crippen LogP contribution in [0.3, 0.4) is 0 Å². The Labute approximate surface area is 168 Å². The van der Waals surface area contributed by atoms with Crippen molar-refractivity contribution in [3.8, 4) is 11.5 Å². The van der Waals surface area contributed by atoms with Crippen molar-refractivity contribution in [2.75, 3.05) is 0 Å². The molecule has 0 spiro atoms. The zero-order valence-corrected chi connectivity index (χ0v) is 17.7. The van der Waals surface area contributed by atoms with Crippen LogP contribution in [-0.2, 0) is 0 Å². The normalized spacial score (nSPS) is 9.81. The van der Waals surface area contributed by atoms with Crippen LogP contribution in [0.15, 0.2) is 39.3 Å². The fourth-order valence-electron chi connectivity index (χ4n) is 1.55. The number of carbonyl (C=O) groups excluding carboxylic acids is 1. The van der Waals surface area contributed by atoms with E-state index in [-0.39, 0.29) is 33.4 Å². The average Bonchev–Trinajstić information content (AvgIpc) is 2.61. The zero-order chi connectivity index (χ0) is 20.3. The molecule has 0 heterocycles. The van der Waals surface area contributed by atoms with Crippen molar-refractivity contribution in [1.29, 1.82) is 0 Å². The first-order chi connectivity index (χ1) is 12.2. The molecule has 2 N–H and O–H groups in total. The van der Waals surface area contributed by atoms with Crippen LogP contribution in [0, 0.1) is 11.6 Å². The Bertz CT molecular complexity index is 763. The van der Waals surface area contributed by atoms with E-state index in [2.05, 4.69) is 45.7 Å². The van der Waals surface area contributed by atoms with Crippen LogP contribution in [0.4, 0.5) is 8.78 Å². The summed E-state index contributed by atoms with van der Waals surface area (Å²) in [5.74, 6) is -1.57. The number of rotatable bonds is 2. The molecule has 0 amide bonds. The second kappa shape index (κ2) is 12.6. The van der Waals surface area contributed by atoms with Gasteiger partial charge in [0.05, 0.1) is 20.1 Å². The predicted molar refractivity (Wildman–Crippen MR) is 108 cm³/mol. The molecule has 0 aliphatic rings. The third-order valence-corrected chi connectivity index (χ3v) is 3.90. The Hall–Kier alpha value is -1.73. The standard InChI is InChI=1S/C9H8BrFO.C7H4BrFO2.C3H8/c1-2-3-6-8(12)5-4-7(10)9(6)11;8-5-1-2-6(11)4(3-10)7(5)9;1-3-2/h2-5,12H,1H3;1-3,11H;3H2,1-2H3/b3-2+;;. The molecular formula is C19H20Br2F2O3. The molecule has 0 aromatic heterocycles. The summed E-state index contributed by atoms with van der Waals surface area (Å²) >= 11 is 5.91. The van der Waals surface area contributed by atoms with Gasteiger partial charge < -0.3 is 10.2 Å². The minimum absolute atomic E-state index is 0.0474. The summed E-state index contributed by atoms with van der Waals surface area (Å²) < 4.78 is 26.5. The largest absolute Gasteiger partial charge is 0.507 e. The van der Waals surface area contributed by atoms with Gasteiger partial charge in [-0.25, -0.2) is 8.78 Å². The molecule has 3 nitrogen and oxygen atoms in total. The fraction of sp³-hybridized carbons (Fsp3) is 0.211. The van der Waals surface area contributed by atoms with E-state index in [0.29, 0.717) is 4.47 Å². The van der Waals surface area contributed by atoms with E-state index in [1.807, 2.05) is 0 Å². The summed E-state index contributed by atoms with van der Waals surface area (Å²) in [6, 6.07) is 5.49. The van der Waals surface area contributed by atoms with Crippen LogP contribution < -0.4 is 0 Å². The maximum Gasteiger partial charge on any atom is 0.156 e. The molecule has 2 aromatic carbocycles. The topological polar surface area (TPSA) is 57.5 Å². The molecule has 0 saturated carbocycles. The van der Waals surface area contributed by atoms with Gasteiger partial charge in [0.25, 0.3) is 0 Å². The highest BCUT2D eigenvalue weighted by molar-refractivity contribution is 9.10. The number of carbonyl (C=O) groups is 1. The van der Waals surface area contributed by atoms with Gasteiger partial charge in [0, 0.05) is 0 Å². The number of benzene rings is 2. The van der Waals surface area contributed by atoms with Crippen molar-refractivity contribution in [1.82, 2.24) is 0 Å². The second-order valence-electron chi connectivity index (χ2n) is 4.91. The SMILES string of the molecule is C/C=C/c1c(O)ccc(Br)c1F.CCC.O=Cc1c(O)ccc(Br)c1F. The maximum absolute atomic E-state index is 13.2. The number of hydrogen-bond acceptors (Lipinski definition) is 3. The van der Waals surface area contributed by atoms with Crippen LogP contribution >= 0.6 is 31.9 Å². The van der Waals surface area contributed by atoms with Gasteiger partial charge in [-0.15, -0.1) is 0 Å². The van der Waals surface area contributed by atoms with Gasteiger partial charge in [0.2, 0.25) is 0 Å². The number of allylic oxidation sites excluding steroid dienone is 1. The molecular weight excluding hydrogens is 474 g/mol. The van der Waals surface area contributed by atoms with Crippen molar-refractivity contribution >= 4 is 44.2 Å². The number of phenols is 2. The third-order valence-electron chi connectivity index (χ3n) is 2.67. The van der Waals surface area contributed by atoms with Gasteiger partial charge in [-0.3, -0.25) is 4.79 Å².